The Hall–Kier alpha value is -7.88. The van der Waals surface area contributed by atoms with Crippen molar-refractivity contribution in [3.63, 3.8) is 0 Å². The fraction of sp³-hybridized carbons (Fsp3) is 0.322. The average Bonchev–Trinajstić information content (AvgIpc) is 4.05. The molecular weight excluding hydrogens is 1080 g/mol. The molecule has 2 aliphatic rings. The summed E-state index contributed by atoms with van der Waals surface area (Å²) in [6.45, 7) is -0.897. The van der Waals surface area contributed by atoms with Gasteiger partial charge in [-0.1, -0.05) is 19.6 Å². The zero-order valence-corrected chi connectivity index (χ0v) is 46.8. The molecule has 1 N–H and O–H groups in total. The highest BCUT2D eigenvalue weighted by Crippen LogP contribution is 2.53. The SMILES string of the molecule is C.COc1cc2c(c(OC)c1OC)-c1ccc(SC)c(=O)cc1[C@@H](N(C)C(=O)c1cc(F)cc(CO)c1)CC2.COc1cc2c(c(OC)c1OC)-c1ccc(SC)c(=O)cc1[C@@H](N(C)C(=O)c1cc(F)cc(CO[N+](=O)[O-])c1)CC2. The number of nitrogens with zero attached hydrogens (tertiary/aromatic N) is 3. The lowest BCUT2D eigenvalue weighted by atomic mass is 9.95. The van der Waals surface area contributed by atoms with E-state index in [-0.39, 0.29) is 41.6 Å². The van der Waals surface area contributed by atoms with Gasteiger partial charge in [0.1, 0.15) is 18.2 Å². The van der Waals surface area contributed by atoms with Crippen LogP contribution in [0.5, 0.6) is 34.5 Å². The van der Waals surface area contributed by atoms with Gasteiger partial charge in [-0.05, 0) is 155 Å². The van der Waals surface area contributed by atoms with Crippen molar-refractivity contribution in [2.24, 2.45) is 0 Å². The van der Waals surface area contributed by atoms with Crippen LogP contribution in [-0.2, 0) is 30.9 Å². The van der Waals surface area contributed by atoms with E-state index in [1.807, 2.05) is 36.8 Å². The molecule has 0 saturated carbocycles. The first-order valence-corrected chi connectivity index (χ1v) is 27.0. The Morgan fingerprint density at radius 1 is 0.613 bits per heavy atom. The van der Waals surface area contributed by atoms with Crippen LogP contribution in [-0.4, -0.2) is 101 Å². The summed E-state index contributed by atoms with van der Waals surface area (Å²) < 4.78 is 62.7. The standard InChI is InChI=1S/C29H29FN2O8S.C29H30FNO6S.CH4/c1-31(29(34)18-10-16(11-19(30)12-18)15-40-32(35)36)22-8-6-17-13-24(37-2)27(38-3)28(39-4)26(17)20-7-9-25(41-5)23(33)14-21(20)22;1-31(29(34)18-10-16(15-32)11-19(30)12-18)22-8-6-17-13-24(35-2)27(36-3)28(37-4)26(17)20-7-9-25(38-5)23(33)14-21(20)22;/h7,9-14,22H,6,8,15H2,1-5H3;7,9-14,22,32H,6,8,15H2,1-5H3;1H4/t2*22-;/m00./s1. The van der Waals surface area contributed by atoms with Crippen molar-refractivity contribution >= 4 is 35.3 Å². The Balaban J connectivity index is 0.000000256. The van der Waals surface area contributed by atoms with Gasteiger partial charge in [-0.3, -0.25) is 19.2 Å². The van der Waals surface area contributed by atoms with Crippen molar-refractivity contribution < 1.29 is 61.8 Å². The van der Waals surface area contributed by atoms with Crippen LogP contribution in [0.3, 0.4) is 0 Å². The molecule has 0 radical (unpaired) electrons. The minimum absolute atomic E-state index is 0. The van der Waals surface area contributed by atoms with Gasteiger partial charge < -0.3 is 48.2 Å². The minimum atomic E-state index is -0.986. The predicted molar refractivity (Wildman–Crippen MR) is 303 cm³/mol. The number of halogens is 2. The average molecular weight is 1140 g/mol. The number of methoxy groups -OCH3 is 6. The molecule has 2 aliphatic carbocycles. The first-order valence-electron chi connectivity index (χ1n) is 24.5. The lowest BCUT2D eigenvalue weighted by Gasteiger charge is -2.28. The largest absolute Gasteiger partial charge is 0.493 e. The summed E-state index contributed by atoms with van der Waals surface area (Å²) in [6.07, 6.45) is 5.58. The summed E-state index contributed by atoms with van der Waals surface area (Å²) >= 11 is 2.65. The number of ether oxygens (including phenoxy) is 6. The van der Waals surface area contributed by atoms with Crippen molar-refractivity contribution in [3.8, 4) is 56.8 Å². The molecule has 0 heterocycles. The van der Waals surface area contributed by atoms with Crippen LogP contribution in [0.1, 0.15) is 86.4 Å². The maximum atomic E-state index is 14.4. The van der Waals surface area contributed by atoms with E-state index >= 15 is 0 Å². The molecule has 21 heteroatoms. The fourth-order valence-electron chi connectivity index (χ4n) is 10.2. The third kappa shape index (κ3) is 12.6. The third-order valence-corrected chi connectivity index (χ3v) is 15.4. The molecule has 8 rings (SSSR count). The molecule has 0 saturated heterocycles. The van der Waals surface area contributed by atoms with Crippen LogP contribution < -0.4 is 39.3 Å². The molecule has 0 fully saturated rings. The molecule has 0 aliphatic heterocycles. The number of rotatable bonds is 16. The van der Waals surface area contributed by atoms with Crippen molar-refractivity contribution in [2.75, 3.05) is 69.3 Å². The molecule has 6 aromatic carbocycles. The molecule has 0 bridgehead atoms. The summed E-state index contributed by atoms with van der Waals surface area (Å²) in [5.74, 6) is 0.425. The normalized spacial score (nSPS) is 13.8. The van der Waals surface area contributed by atoms with Crippen LogP contribution in [0, 0.1) is 21.7 Å². The van der Waals surface area contributed by atoms with Crippen molar-refractivity contribution in [1.82, 2.24) is 9.80 Å². The van der Waals surface area contributed by atoms with Gasteiger partial charge in [0, 0.05) is 36.3 Å². The topological polar surface area (TPSA) is 203 Å². The van der Waals surface area contributed by atoms with Crippen molar-refractivity contribution in [2.45, 2.75) is 68.2 Å². The number of aliphatic hydroxyl groups is 1. The summed E-state index contributed by atoms with van der Waals surface area (Å²) in [6, 6.07) is 20.3. The maximum absolute atomic E-state index is 14.4. The van der Waals surface area contributed by atoms with Crippen LogP contribution in [0.25, 0.3) is 22.3 Å². The van der Waals surface area contributed by atoms with Gasteiger partial charge >= 0.3 is 0 Å². The molecule has 17 nitrogen and oxygen atoms in total. The molecule has 2 atom stereocenters. The lowest BCUT2D eigenvalue weighted by Crippen LogP contribution is -2.32. The van der Waals surface area contributed by atoms with Crippen LogP contribution in [0.15, 0.2) is 104 Å². The van der Waals surface area contributed by atoms with Crippen molar-refractivity contribution in [3.05, 3.63) is 172 Å². The van der Waals surface area contributed by atoms with Gasteiger partial charge in [0.15, 0.2) is 33.9 Å². The molecule has 2 amide bonds. The highest BCUT2D eigenvalue weighted by molar-refractivity contribution is 7.98. The van der Waals surface area contributed by atoms with E-state index in [0.717, 1.165) is 46.0 Å². The zero-order chi connectivity index (χ0) is 57.4. The second kappa shape index (κ2) is 26.9. The third-order valence-electron chi connectivity index (χ3n) is 13.9. The van der Waals surface area contributed by atoms with Gasteiger partial charge in [0.2, 0.25) is 11.5 Å². The van der Waals surface area contributed by atoms with Gasteiger partial charge in [-0.15, -0.1) is 33.6 Å². The highest BCUT2D eigenvalue weighted by Gasteiger charge is 2.35. The smallest absolute Gasteiger partial charge is 0.294 e. The Labute approximate surface area is 470 Å². The molecule has 80 heavy (non-hydrogen) atoms. The van der Waals surface area contributed by atoms with E-state index in [4.69, 9.17) is 28.4 Å². The summed E-state index contributed by atoms with van der Waals surface area (Å²) in [5, 5.41) is 19.1. The second-order valence-electron chi connectivity index (χ2n) is 18.2. The lowest BCUT2D eigenvalue weighted by molar-refractivity contribution is -0.763. The number of benzene rings is 4. The number of fused-ring (bicyclic) bond motifs is 6. The van der Waals surface area contributed by atoms with E-state index < -0.39 is 47.2 Å². The summed E-state index contributed by atoms with van der Waals surface area (Å²) in [5.41, 5.74) is 6.08. The van der Waals surface area contributed by atoms with Crippen molar-refractivity contribution in [1.29, 1.82) is 0 Å². The minimum Gasteiger partial charge on any atom is -0.493 e. The Kier molecular flexibility index (Phi) is 20.6. The van der Waals surface area contributed by atoms with E-state index in [1.165, 1.54) is 86.0 Å². The number of hydrogen-bond donors (Lipinski definition) is 1. The second-order valence-corrected chi connectivity index (χ2v) is 19.9. The van der Waals surface area contributed by atoms with Crippen LogP contribution >= 0.6 is 23.5 Å². The Bertz CT molecular complexity index is 3460. The van der Waals surface area contributed by atoms with Crippen LogP contribution in [0.2, 0.25) is 0 Å². The van der Waals surface area contributed by atoms with Gasteiger partial charge in [-0.25, -0.2) is 8.78 Å². The van der Waals surface area contributed by atoms with E-state index in [2.05, 4.69) is 4.84 Å². The van der Waals surface area contributed by atoms with Crippen LogP contribution in [0.4, 0.5) is 8.78 Å². The summed E-state index contributed by atoms with van der Waals surface area (Å²) in [4.78, 5) is 72.8. The number of aliphatic hydroxyl groups excluding tert-OH is 1. The van der Waals surface area contributed by atoms with E-state index in [0.29, 0.717) is 92.2 Å². The molecule has 6 aromatic rings. The summed E-state index contributed by atoms with van der Waals surface area (Å²) in [7, 11) is 12.4. The number of amides is 2. The quantitative estimate of drug-likeness (QED) is 0.0544. The number of carbonyl (C=O) groups excluding carboxylic acids is 2. The number of hydrogen-bond acceptors (Lipinski definition) is 16. The number of carbonyl (C=O) groups is 2. The predicted octanol–water partition coefficient (Wildman–Crippen LogP) is 10.6. The monoisotopic (exact) mass is 1140 g/mol. The molecule has 424 valence electrons. The maximum Gasteiger partial charge on any atom is 0.294 e. The molecule has 0 aromatic heterocycles. The van der Waals surface area contributed by atoms with Gasteiger partial charge in [0.05, 0.1) is 71.1 Å². The first-order chi connectivity index (χ1) is 37.9. The Morgan fingerprint density at radius 3 is 1.38 bits per heavy atom. The zero-order valence-electron chi connectivity index (χ0n) is 45.1. The number of thioether (sulfide) groups is 2. The Morgan fingerprint density at radius 2 is 1.01 bits per heavy atom. The van der Waals surface area contributed by atoms with E-state index in [9.17, 15) is 43.2 Å². The first kappa shape index (κ1) is 61.3. The van der Waals surface area contributed by atoms with Gasteiger partial charge in [0.25, 0.3) is 16.9 Å². The molecule has 0 spiro atoms. The highest BCUT2D eigenvalue weighted by atomic mass is 32.2. The number of aryl methyl sites for hydroxylation is 2. The molecule has 0 unspecified atom stereocenters. The van der Waals surface area contributed by atoms with E-state index in [1.54, 1.807) is 46.5 Å². The fourth-order valence-corrected chi connectivity index (χ4v) is 11.2. The van der Waals surface area contributed by atoms with Gasteiger partial charge in [-0.2, -0.15) is 0 Å². The molecular formula is C59H63F2N3O14S2.